The first-order valence-electron chi connectivity index (χ1n) is 8.23. The largest absolute Gasteiger partial charge is 0.497 e. The fourth-order valence-electron chi connectivity index (χ4n) is 2.56. The van der Waals surface area contributed by atoms with Gasteiger partial charge in [0.1, 0.15) is 5.75 Å². The van der Waals surface area contributed by atoms with Gasteiger partial charge in [0.05, 0.1) is 25.3 Å². The van der Waals surface area contributed by atoms with Crippen LogP contribution in [0.1, 0.15) is 18.1 Å². The number of esters is 1. The highest BCUT2D eigenvalue weighted by molar-refractivity contribution is 9.10. The Bertz CT molecular complexity index is 919. The van der Waals surface area contributed by atoms with E-state index in [1.165, 1.54) is 0 Å². The predicted octanol–water partition coefficient (Wildman–Crippen LogP) is 4.21. The molecule has 0 aliphatic carbocycles. The van der Waals surface area contributed by atoms with E-state index in [1.54, 1.807) is 50.6 Å². The summed E-state index contributed by atoms with van der Waals surface area (Å²) in [6.07, 6.45) is 1.64. The highest BCUT2D eigenvalue weighted by Gasteiger charge is 2.24. The Morgan fingerprint density at radius 3 is 2.52 bits per heavy atom. The molecular formula is C20H18BrNO5. The maximum atomic E-state index is 12.2. The van der Waals surface area contributed by atoms with E-state index >= 15 is 0 Å². The molecule has 3 rings (SSSR count). The predicted molar refractivity (Wildman–Crippen MR) is 105 cm³/mol. The number of halogens is 1. The zero-order valence-corrected chi connectivity index (χ0v) is 16.7. The van der Waals surface area contributed by atoms with Crippen LogP contribution >= 0.6 is 15.9 Å². The maximum Gasteiger partial charge on any atom is 0.363 e. The SMILES string of the molecule is CCOc1cc(/C=C2\N=C(c3ccc(OC)cc3)OC2=O)cc(Br)c1OC. The van der Waals surface area contributed by atoms with Crippen LogP contribution in [0.15, 0.2) is 51.6 Å². The molecule has 6 nitrogen and oxygen atoms in total. The van der Waals surface area contributed by atoms with Gasteiger partial charge in [0.25, 0.3) is 0 Å². The second-order valence-corrected chi connectivity index (χ2v) is 6.39. The van der Waals surface area contributed by atoms with Gasteiger partial charge in [0, 0.05) is 5.56 Å². The zero-order chi connectivity index (χ0) is 19.4. The molecule has 0 aromatic heterocycles. The first-order chi connectivity index (χ1) is 13.0. The summed E-state index contributed by atoms with van der Waals surface area (Å²) in [5, 5.41) is 0. The fourth-order valence-corrected chi connectivity index (χ4v) is 3.18. The Balaban J connectivity index is 1.94. The van der Waals surface area contributed by atoms with Crippen LogP contribution in [0.4, 0.5) is 0 Å². The molecule has 0 amide bonds. The molecule has 0 spiro atoms. The molecule has 0 N–H and O–H groups in total. The normalized spacial score (nSPS) is 14.7. The average Bonchev–Trinajstić information content (AvgIpc) is 3.02. The molecule has 0 atom stereocenters. The van der Waals surface area contributed by atoms with Gasteiger partial charge in [-0.2, -0.15) is 0 Å². The van der Waals surface area contributed by atoms with Gasteiger partial charge >= 0.3 is 5.97 Å². The summed E-state index contributed by atoms with van der Waals surface area (Å²) in [4.78, 5) is 16.5. The van der Waals surface area contributed by atoms with Crippen molar-refractivity contribution in [1.29, 1.82) is 0 Å². The number of rotatable bonds is 6. The summed E-state index contributed by atoms with van der Waals surface area (Å²) in [7, 11) is 3.16. The van der Waals surface area contributed by atoms with E-state index in [4.69, 9.17) is 18.9 Å². The van der Waals surface area contributed by atoms with Gasteiger partial charge in [-0.15, -0.1) is 0 Å². The van der Waals surface area contributed by atoms with Gasteiger partial charge in [0.2, 0.25) is 5.90 Å². The molecule has 27 heavy (non-hydrogen) atoms. The number of hydrogen-bond acceptors (Lipinski definition) is 6. The lowest BCUT2D eigenvalue weighted by atomic mass is 10.1. The summed E-state index contributed by atoms with van der Waals surface area (Å²) < 4.78 is 22.1. The van der Waals surface area contributed by atoms with Crippen LogP contribution in [0.3, 0.4) is 0 Å². The molecule has 2 aromatic rings. The molecule has 1 heterocycles. The van der Waals surface area contributed by atoms with Crippen molar-refractivity contribution in [2.75, 3.05) is 20.8 Å². The molecule has 0 saturated heterocycles. The van der Waals surface area contributed by atoms with Crippen LogP contribution in [0, 0.1) is 0 Å². The molecule has 2 aromatic carbocycles. The van der Waals surface area contributed by atoms with Crippen molar-refractivity contribution in [2.45, 2.75) is 6.92 Å². The molecule has 0 fully saturated rings. The van der Waals surface area contributed by atoms with Crippen molar-refractivity contribution in [2.24, 2.45) is 4.99 Å². The molecular weight excluding hydrogens is 414 g/mol. The van der Waals surface area contributed by atoms with Gasteiger partial charge in [-0.3, -0.25) is 0 Å². The van der Waals surface area contributed by atoms with Crippen LogP contribution < -0.4 is 14.2 Å². The van der Waals surface area contributed by atoms with Gasteiger partial charge in [-0.05, 0) is 70.9 Å². The lowest BCUT2D eigenvalue weighted by Gasteiger charge is -2.12. The second-order valence-electron chi connectivity index (χ2n) is 5.53. The number of carbonyl (C=O) groups is 1. The molecule has 0 radical (unpaired) electrons. The van der Waals surface area contributed by atoms with Crippen molar-refractivity contribution < 1.29 is 23.7 Å². The Morgan fingerprint density at radius 1 is 1.15 bits per heavy atom. The van der Waals surface area contributed by atoms with E-state index in [9.17, 15) is 4.79 Å². The van der Waals surface area contributed by atoms with Gasteiger partial charge < -0.3 is 18.9 Å². The number of nitrogens with zero attached hydrogens (tertiary/aromatic N) is 1. The van der Waals surface area contributed by atoms with Crippen molar-refractivity contribution in [3.05, 3.63) is 57.7 Å². The standard InChI is InChI=1S/C20H18BrNO5/c1-4-26-17-11-12(9-15(21)18(17)25-3)10-16-20(23)27-19(22-16)13-5-7-14(24-2)8-6-13/h5-11H,4H2,1-3H3/b16-10-. The smallest absolute Gasteiger partial charge is 0.363 e. The van der Waals surface area contributed by atoms with E-state index in [-0.39, 0.29) is 11.6 Å². The number of aliphatic imine (C=N–C) groups is 1. The highest BCUT2D eigenvalue weighted by atomic mass is 79.9. The topological polar surface area (TPSA) is 66.3 Å². The Hall–Kier alpha value is -2.80. The van der Waals surface area contributed by atoms with Crippen LogP contribution in [-0.2, 0) is 9.53 Å². The fraction of sp³-hybridized carbons (Fsp3) is 0.200. The van der Waals surface area contributed by atoms with E-state index in [0.717, 1.165) is 5.56 Å². The summed E-state index contributed by atoms with van der Waals surface area (Å²) >= 11 is 3.46. The van der Waals surface area contributed by atoms with Gasteiger partial charge in [0.15, 0.2) is 17.2 Å². The van der Waals surface area contributed by atoms with E-state index < -0.39 is 5.97 Å². The molecule has 7 heteroatoms. The number of benzene rings is 2. The molecule has 140 valence electrons. The number of methoxy groups -OCH3 is 2. The van der Waals surface area contributed by atoms with Crippen LogP contribution in [-0.4, -0.2) is 32.7 Å². The Morgan fingerprint density at radius 2 is 1.89 bits per heavy atom. The quantitative estimate of drug-likeness (QED) is 0.506. The van der Waals surface area contributed by atoms with Crippen LogP contribution in [0.5, 0.6) is 17.2 Å². The van der Waals surface area contributed by atoms with E-state index in [0.29, 0.717) is 33.9 Å². The summed E-state index contributed by atoms with van der Waals surface area (Å²) in [5.41, 5.74) is 1.64. The third-order valence-electron chi connectivity index (χ3n) is 3.80. The first-order valence-corrected chi connectivity index (χ1v) is 9.02. The monoisotopic (exact) mass is 431 g/mol. The second kappa shape index (κ2) is 8.26. The summed E-state index contributed by atoms with van der Waals surface area (Å²) in [6.45, 7) is 2.38. The lowest BCUT2D eigenvalue weighted by molar-refractivity contribution is -0.129. The number of hydrogen-bond donors (Lipinski definition) is 0. The third-order valence-corrected chi connectivity index (χ3v) is 4.39. The first kappa shape index (κ1) is 19.0. The van der Waals surface area contributed by atoms with Crippen molar-refractivity contribution in [1.82, 2.24) is 0 Å². The minimum atomic E-state index is -0.509. The molecule has 1 aliphatic rings. The van der Waals surface area contributed by atoms with Crippen molar-refractivity contribution in [3.63, 3.8) is 0 Å². The van der Waals surface area contributed by atoms with Crippen molar-refractivity contribution in [3.8, 4) is 17.2 Å². The Labute approximate surface area is 165 Å². The third kappa shape index (κ3) is 4.14. The van der Waals surface area contributed by atoms with E-state index in [1.807, 2.05) is 13.0 Å². The van der Waals surface area contributed by atoms with Gasteiger partial charge in [-0.25, -0.2) is 9.79 Å². The highest BCUT2D eigenvalue weighted by Crippen LogP contribution is 2.37. The molecule has 0 saturated carbocycles. The average molecular weight is 432 g/mol. The summed E-state index contributed by atoms with van der Waals surface area (Å²) in [6, 6.07) is 10.7. The van der Waals surface area contributed by atoms with Crippen molar-refractivity contribution >= 4 is 33.9 Å². The van der Waals surface area contributed by atoms with Gasteiger partial charge in [-0.1, -0.05) is 0 Å². The summed E-state index contributed by atoms with van der Waals surface area (Å²) in [5.74, 6) is 1.63. The Kier molecular flexibility index (Phi) is 5.81. The molecule has 1 aliphatic heterocycles. The minimum Gasteiger partial charge on any atom is -0.497 e. The molecule has 0 unspecified atom stereocenters. The number of carbonyl (C=O) groups excluding carboxylic acids is 1. The van der Waals surface area contributed by atoms with E-state index in [2.05, 4.69) is 20.9 Å². The maximum absolute atomic E-state index is 12.2. The zero-order valence-electron chi connectivity index (χ0n) is 15.1. The lowest BCUT2D eigenvalue weighted by Crippen LogP contribution is -2.05. The van der Waals surface area contributed by atoms with Crippen LogP contribution in [0.25, 0.3) is 6.08 Å². The minimum absolute atomic E-state index is 0.209. The number of ether oxygens (including phenoxy) is 4. The molecule has 0 bridgehead atoms. The van der Waals surface area contributed by atoms with Crippen LogP contribution in [0.2, 0.25) is 0 Å². The number of cyclic esters (lactones) is 1.